The van der Waals surface area contributed by atoms with E-state index >= 15 is 0 Å². The number of pyridine rings is 1. The van der Waals surface area contributed by atoms with Gasteiger partial charge < -0.3 is 5.32 Å². The Balaban J connectivity index is 1.92. The van der Waals surface area contributed by atoms with E-state index in [1.54, 1.807) is 6.07 Å². The number of nitrogens with one attached hydrogen (secondary N) is 1. The molecule has 0 spiro atoms. The van der Waals surface area contributed by atoms with Gasteiger partial charge in [0.15, 0.2) is 0 Å². The van der Waals surface area contributed by atoms with Crippen LogP contribution < -0.4 is 5.32 Å². The van der Waals surface area contributed by atoms with Crippen LogP contribution >= 0.6 is 27.5 Å². The maximum absolute atomic E-state index is 12.4. The van der Waals surface area contributed by atoms with Gasteiger partial charge in [0.1, 0.15) is 4.60 Å². The number of carbonyl (C=O) groups is 1. The molecule has 1 fully saturated rings. The van der Waals surface area contributed by atoms with Crippen molar-refractivity contribution in [1.29, 1.82) is 0 Å². The maximum Gasteiger partial charge on any atom is 0.227 e. The second-order valence-corrected chi connectivity index (χ2v) is 9.10. The minimum Gasteiger partial charge on any atom is -0.323 e. The van der Waals surface area contributed by atoms with Crippen LogP contribution in [0.3, 0.4) is 0 Å². The van der Waals surface area contributed by atoms with Crippen LogP contribution in [0, 0.1) is 5.92 Å². The average Bonchev–Trinajstić information content (AvgIpc) is 2.56. The van der Waals surface area contributed by atoms with Crippen molar-refractivity contribution in [3.8, 4) is 0 Å². The fraction of sp³-hybridized carbons (Fsp3) is 0.600. The van der Waals surface area contributed by atoms with E-state index in [9.17, 15) is 13.2 Å². The van der Waals surface area contributed by atoms with Crippen LogP contribution in [-0.2, 0) is 14.8 Å². The third kappa shape index (κ3) is 5.15. The van der Waals surface area contributed by atoms with Crippen LogP contribution in [0.5, 0.6) is 0 Å². The Hall–Kier alpha value is -0.700. The lowest BCUT2D eigenvalue weighted by Crippen LogP contribution is -2.42. The molecule has 1 aliphatic rings. The molecule has 1 aromatic rings. The Labute approximate surface area is 156 Å². The molecule has 1 aromatic heterocycles. The third-order valence-electron chi connectivity index (χ3n) is 4.04. The number of carbonyl (C=O) groups excluding carboxylic acids is 1. The highest BCUT2D eigenvalue weighted by Gasteiger charge is 2.30. The van der Waals surface area contributed by atoms with Crippen molar-refractivity contribution in [2.75, 3.05) is 24.2 Å². The summed E-state index contributed by atoms with van der Waals surface area (Å²) in [5.41, 5.74) is 0.519. The van der Waals surface area contributed by atoms with Crippen molar-refractivity contribution in [2.45, 2.75) is 32.6 Å². The second-order valence-electron chi connectivity index (χ2n) is 5.82. The number of hydrogen-bond donors (Lipinski definition) is 1. The molecule has 0 bridgehead atoms. The number of rotatable bonds is 6. The number of anilines is 1. The van der Waals surface area contributed by atoms with E-state index in [2.05, 4.69) is 26.2 Å². The minimum absolute atomic E-state index is 0.134. The predicted molar refractivity (Wildman–Crippen MR) is 98.6 cm³/mol. The molecule has 6 nitrogen and oxygen atoms in total. The van der Waals surface area contributed by atoms with Gasteiger partial charge in [0, 0.05) is 25.2 Å². The Kier molecular flexibility index (Phi) is 7.03. The van der Waals surface area contributed by atoms with Crippen molar-refractivity contribution < 1.29 is 13.2 Å². The third-order valence-corrected chi connectivity index (χ3v) is 6.83. The van der Waals surface area contributed by atoms with Gasteiger partial charge >= 0.3 is 0 Å². The van der Waals surface area contributed by atoms with Gasteiger partial charge in [-0.25, -0.2) is 17.7 Å². The Morgan fingerprint density at radius 3 is 2.75 bits per heavy atom. The fourth-order valence-electron chi connectivity index (χ4n) is 2.60. The van der Waals surface area contributed by atoms with Gasteiger partial charge in [0.05, 0.1) is 16.5 Å². The lowest BCUT2D eigenvalue weighted by molar-refractivity contribution is -0.120. The molecule has 0 aliphatic carbocycles. The highest BCUT2D eigenvalue weighted by atomic mass is 79.9. The zero-order chi connectivity index (χ0) is 17.7. The van der Waals surface area contributed by atoms with Crippen molar-refractivity contribution in [2.24, 2.45) is 5.92 Å². The molecule has 0 unspecified atom stereocenters. The molecular weight excluding hydrogens is 418 g/mol. The predicted octanol–water partition coefficient (Wildman–Crippen LogP) is 3.28. The van der Waals surface area contributed by atoms with E-state index < -0.39 is 10.0 Å². The van der Waals surface area contributed by atoms with Gasteiger partial charge in [-0.3, -0.25) is 4.79 Å². The van der Waals surface area contributed by atoms with E-state index in [-0.39, 0.29) is 17.6 Å². The lowest BCUT2D eigenvalue weighted by atomic mass is 9.97. The number of unbranched alkanes of at least 4 members (excludes halogenated alkanes) is 1. The van der Waals surface area contributed by atoms with Crippen LogP contribution in [0.1, 0.15) is 32.6 Å². The van der Waals surface area contributed by atoms with E-state index in [1.807, 2.05) is 6.92 Å². The molecule has 2 heterocycles. The number of piperidine rings is 1. The molecule has 0 aromatic carbocycles. The molecular formula is C15H21BrClN3O3S. The number of nitrogens with zero attached hydrogens (tertiary/aromatic N) is 2. The molecule has 134 valence electrons. The first-order chi connectivity index (χ1) is 11.3. The Morgan fingerprint density at radius 1 is 1.46 bits per heavy atom. The number of amides is 1. The summed E-state index contributed by atoms with van der Waals surface area (Å²) in [4.78, 5) is 16.4. The van der Waals surface area contributed by atoms with Gasteiger partial charge in [-0.15, -0.1) is 0 Å². The standard InChI is InChI=1S/C15H21BrClN3O3S/c1-2-3-8-24(22,23)20-6-4-11(5-7-20)15(21)19-13-9-12(17)10-18-14(13)16/h9-11H,2-8H2,1H3,(H,19,21). The second kappa shape index (κ2) is 8.60. The van der Waals surface area contributed by atoms with Gasteiger partial charge in [-0.1, -0.05) is 24.9 Å². The summed E-state index contributed by atoms with van der Waals surface area (Å²) in [5, 5.41) is 3.24. The normalized spacial score (nSPS) is 17.0. The van der Waals surface area contributed by atoms with Crippen molar-refractivity contribution in [3.63, 3.8) is 0 Å². The van der Waals surface area contributed by atoms with Crippen molar-refractivity contribution in [1.82, 2.24) is 9.29 Å². The largest absolute Gasteiger partial charge is 0.323 e. The highest BCUT2D eigenvalue weighted by Crippen LogP contribution is 2.26. The highest BCUT2D eigenvalue weighted by molar-refractivity contribution is 9.10. The van der Waals surface area contributed by atoms with Gasteiger partial charge in [0.2, 0.25) is 15.9 Å². The molecule has 9 heteroatoms. The number of halogens is 2. The fourth-order valence-corrected chi connectivity index (χ4v) is 4.75. The van der Waals surface area contributed by atoms with Crippen LogP contribution in [0.4, 0.5) is 5.69 Å². The first-order valence-electron chi connectivity index (χ1n) is 7.93. The molecule has 2 rings (SSSR count). The summed E-state index contributed by atoms with van der Waals surface area (Å²) in [7, 11) is -3.20. The zero-order valence-electron chi connectivity index (χ0n) is 13.5. The summed E-state index contributed by atoms with van der Waals surface area (Å²) in [5.74, 6) is -0.166. The van der Waals surface area contributed by atoms with Gasteiger partial charge in [-0.2, -0.15) is 0 Å². The summed E-state index contributed by atoms with van der Waals surface area (Å²) >= 11 is 9.16. The van der Waals surface area contributed by atoms with Crippen LogP contribution in [0.15, 0.2) is 16.9 Å². The summed E-state index contributed by atoms with van der Waals surface area (Å²) < 4.78 is 26.4. The quantitative estimate of drug-likeness (QED) is 0.691. The zero-order valence-corrected chi connectivity index (χ0v) is 16.6. The number of hydrogen-bond acceptors (Lipinski definition) is 4. The summed E-state index contributed by atoms with van der Waals surface area (Å²) in [6, 6.07) is 1.63. The van der Waals surface area contributed by atoms with Crippen LogP contribution in [-0.4, -0.2) is 42.5 Å². The van der Waals surface area contributed by atoms with E-state index in [0.717, 1.165) is 6.42 Å². The van der Waals surface area contributed by atoms with Gasteiger partial charge in [0.25, 0.3) is 0 Å². The molecule has 0 atom stereocenters. The van der Waals surface area contributed by atoms with Gasteiger partial charge in [-0.05, 0) is 41.3 Å². The SMILES string of the molecule is CCCCS(=O)(=O)N1CCC(C(=O)Nc2cc(Cl)cnc2Br)CC1. The Morgan fingerprint density at radius 2 is 2.12 bits per heavy atom. The van der Waals surface area contributed by atoms with E-state index in [4.69, 9.17) is 11.6 Å². The Bertz CT molecular complexity index is 691. The van der Waals surface area contributed by atoms with Crippen LogP contribution in [0.2, 0.25) is 5.02 Å². The molecule has 1 amide bonds. The van der Waals surface area contributed by atoms with Crippen LogP contribution in [0.25, 0.3) is 0 Å². The average molecular weight is 439 g/mol. The molecule has 24 heavy (non-hydrogen) atoms. The lowest BCUT2D eigenvalue weighted by Gasteiger charge is -2.30. The van der Waals surface area contributed by atoms with Crippen molar-refractivity contribution >= 4 is 49.1 Å². The summed E-state index contributed by atoms with van der Waals surface area (Å²) in [6.45, 7) is 2.74. The molecule has 1 aliphatic heterocycles. The summed E-state index contributed by atoms with van der Waals surface area (Å²) in [6.07, 6.45) is 4.03. The monoisotopic (exact) mass is 437 g/mol. The first-order valence-corrected chi connectivity index (χ1v) is 10.7. The topological polar surface area (TPSA) is 79.4 Å². The van der Waals surface area contributed by atoms with Crippen molar-refractivity contribution in [3.05, 3.63) is 21.9 Å². The first kappa shape index (κ1) is 19.6. The van der Waals surface area contributed by atoms with E-state index in [1.165, 1.54) is 10.5 Å². The minimum atomic E-state index is -3.20. The number of sulfonamides is 1. The molecule has 1 N–H and O–H groups in total. The maximum atomic E-state index is 12.4. The smallest absolute Gasteiger partial charge is 0.227 e. The molecule has 0 saturated carbocycles. The molecule has 1 saturated heterocycles. The number of aromatic nitrogens is 1. The molecule has 0 radical (unpaired) electrons. The van der Waals surface area contributed by atoms with E-state index in [0.29, 0.717) is 47.7 Å².